The molecule has 0 radical (unpaired) electrons. The number of aromatic nitrogens is 1. The van der Waals surface area contributed by atoms with Crippen LogP contribution in [-0.4, -0.2) is 84.6 Å². The lowest BCUT2D eigenvalue weighted by atomic mass is 10.3. The Hall–Kier alpha value is -1.02. The summed E-state index contributed by atoms with van der Waals surface area (Å²) in [4.78, 5) is 23.1. The van der Waals surface area contributed by atoms with Crippen molar-refractivity contribution < 1.29 is 9.53 Å². The molecule has 1 amide bonds. The van der Waals surface area contributed by atoms with Gasteiger partial charge in [-0.2, -0.15) is 0 Å². The monoisotopic (exact) mass is 310 g/mol. The first kappa shape index (κ1) is 14.9. The molecule has 3 rings (SSSR count). The molecule has 1 aromatic heterocycles. The van der Waals surface area contributed by atoms with E-state index >= 15 is 0 Å². The number of rotatable bonds is 4. The Morgan fingerprint density at radius 2 is 1.86 bits per heavy atom. The van der Waals surface area contributed by atoms with Gasteiger partial charge in [-0.1, -0.05) is 0 Å². The van der Waals surface area contributed by atoms with Gasteiger partial charge >= 0.3 is 0 Å². The van der Waals surface area contributed by atoms with E-state index in [9.17, 15) is 4.79 Å². The smallest absolute Gasteiger partial charge is 0.236 e. The predicted octanol–water partition coefficient (Wildman–Crippen LogP) is 0.120. The zero-order valence-electron chi connectivity index (χ0n) is 12.2. The lowest BCUT2D eigenvalue weighted by molar-refractivity contribution is -0.136. The van der Waals surface area contributed by atoms with E-state index in [0.29, 0.717) is 19.8 Å². The van der Waals surface area contributed by atoms with Crippen molar-refractivity contribution in [1.29, 1.82) is 0 Å². The number of thiazole rings is 1. The standard InChI is InChI=1S/C14H22N4O2S/c19-14(18-5-7-20-8-6-18)10-17-3-1-16(2-4-17)9-13-11-21-12-15-13/h11-12H,1-10H2. The van der Waals surface area contributed by atoms with Crippen molar-refractivity contribution in [2.45, 2.75) is 6.54 Å². The zero-order valence-corrected chi connectivity index (χ0v) is 13.1. The third kappa shape index (κ3) is 4.23. The van der Waals surface area contributed by atoms with Gasteiger partial charge in [0.15, 0.2) is 0 Å². The molecule has 2 fully saturated rings. The van der Waals surface area contributed by atoms with Crippen molar-refractivity contribution in [3.05, 3.63) is 16.6 Å². The van der Waals surface area contributed by atoms with Crippen molar-refractivity contribution in [3.8, 4) is 0 Å². The van der Waals surface area contributed by atoms with E-state index in [1.807, 2.05) is 10.4 Å². The summed E-state index contributed by atoms with van der Waals surface area (Å²) in [5.74, 6) is 0.242. The zero-order chi connectivity index (χ0) is 14.5. The molecule has 3 heterocycles. The summed E-state index contributed by atoms with van der Waals surface area (Å²) in [6.45, 7) is 8.23. The highest BCUT2D eigenvalue weighted by Gasteiger charge is 2.23. The lowest BCUT2D eigenvalue weighted by Crippen LogP contribution is -2.51. The van der Waals surface area contributed by atoms with Crippen LogP contribution in [0.1, 0.15) is 5.69 Å². The highest BCUT2D eigenvalue weighted by Crippen LogP contribution is 2.09. The van der Waals surface area contributed by atoms with E-state index in [1.165, 1.54) is 0 Å². The van der Waals surface area contributed by atoms with Gasteiger partial charge in [0, 0.05) is 51.2 Å². The second-order valence-electron chi connectivity index (χ2n) is 5.53. The number of carbonyl (C=O) groups excluding carboxylic acids is 1. The van der Waals surface area contributed by atoms with Crippen molar-refractivity contribution in [3.63, 3.8) is 0 Å². The topological polar surface area (TPSA) is 48.9 Å². The van der Waals surface area contributed by atoms with Crippen LogP contribution in [0.25, 0.3) is 0 Å². The minimum absolute atomic E-state index is 0.242. The maximum Gasteiger partial charge on any atom is 0.236 e. The first-order valence-electron chi connectivity index (χ1n) is 7.48. The molecular weight excluding hydrogens is 288 g/mol. The van der Waals surface area contributed by atoms with Gasteiger partial charge in [-0.15, -0.1) is 11.3 Å². The van der Waals surface area contributed by atoms with Gasteiger partial charge in [-0.25, -0.2) is 4.98 Å². The SMILES string of the molecule is O=C(CN1CCN(Cc2cscn2)CC1)N1CCOCC1. The van der Waals surface area contributed by atoms with Gasteiger partial charge in [0.25, 0.3) is 0 Å². The average Bonchev–Trinajstić information content (AvgIpc) is 3.03. The van der Waals surface area contributed by atoms with E-state index in [0.717, 1.165) is 51.5 Å². The molecule has 1 aromatic rings. The van der Waals surface area contributed by atoms with Gasteiger partial charge in [0.05, 0.1) is 31.0 Å². The second-order valence-corrected chi connectivity index (χ2v) is 6.24. The number of nitrogens with zero attached hydrogens (tertiary/aromatic N) is 4. The Morgan fingerprint density at radius 1 is 1.14 bits per heavy atom. The van der Waals surface area contributed by atoms with E-state index < -0.39 is 0 Å². The largest absolute Gasteiger partial charge is 0.378 e. The molecule has 0 saturated carbocycles. The van der Waals surface area contributed by atoms with Gasteiger partial charge in [0.2, 0.25) is 5.91 Å². The minimum Gasteiger partial charge on any atom is -0.378 e. The van der Waals surface area contributed by atoms with Crippen LogP contribution >= 0.6 is 11.3 Å². The fourth-order valence-electron chi connectivity index (χ4n) is 2.75. The Bertz CT molecular complexity index is 440. The van der Waals surface area contributed by atoms with Crippen LogP contribution in [0.5, 0.6) is 0 Å². The first-order chi connectivity index (χ1) is 10.3. The molecule has 6 nitrogen and oxygen atoms in total. The molecule has 0 aromatic carbocycles. The lowest BCUT2D eigenvalue weighted by Gasteiger charge is -2.35. The fraction of sp³-hybridized carbons (Fsp3) is 0.714. The number of hydrogen-bond acceptors (Lipinski definition) is 6. The molecule has 2 saturated heterocycles. The van der Waals surface area contributed by atoms with Gasteiger partial charge in [-0.3, -0.25) is 14.6 Å². The minimum atomic E-state index is 0.242. The molecule has 2 aliphatic heterocycles. The summed E-state index contributed by atoms with van der Waals surface area (Å²) >= 11 is 1.64. The number of carbonyl (C=O) groups is 1. The number of amides is 1. The maximum absolute atomic E-state index is 12.2. The number of piperazine rings is 1. The molecule has 0 N–H and O–H groups in total. The van der Waals surface area contributed by atoms with Crippen LogP contribution < -0.4 is 0 Å². The summed E-state index contributed by atoms with van der Waals surface area (Å²) in [5, 5.41) is 2.11. The molecule has 116 valence electrons. The van der Waals surface area contributed by atoms with E-state index in [1.54, 1.807) is 11.3 Å². The molecule has 0 atom stereocenters. The van der Waals surface area contributed by atoms with Crippen molar-refractivity contribution in [1.82, 2.24) is 19.7 Å². The number of hydrogen-bond donors (Lipinski definition) is 0. The normalized spacial score (nSPS) is 21.6. The van der Waals surface area contributed by atoms with Crippen molar-refractivity contribution in [2.24, 2.45) is 0 Å². The van der Waals surface area contributed by atoms with E-state index in [-0.39, 0.29) is 5.91 Å². The predicted molar refractivity (Wildman–Crippen MR) is 81.2 cm³/mol. The number of morpholine rings is 1. The Morgan fingerprint density at radius 3 is 2.52 bits per heavy atom. The van der Waals surface area contributed by atoms with Gasteiger partial charge < -0.3 is 9.64 Å². The Balaban J connectivity index is 1.40. The summed E-state index contributed by atoms with van der Waals surface area (Å²) in [5.41, 5.74) is 3.03. The van der Waals surface area contributed by atoms with Crippen LogP contribution in [0.15, 0.2) is 10.9 Å². The molecule has 0 bridgehead atoms. The van der Waals surface area contributed by atoms with Gasteiger partial charge in [0.1, 0.15) is 0 Å². The third-order valence-electron chi connectivity index (χ3n) is 4.06. The van der Waals surface area contributed by atoms with Crippen LogP contribution in [0.2, 0.25) is 0 Å². The Labute approximate surface area is 129 Å². The molecular formula is C14H22N4O2S. The Kier molecular flexibility index (Phi) is 5.18. The molecule has 0 unspecified atom stereocenters. The summed E-state index contributed by atoms with van der Waals surface area (Å²) in [7, 11) is 0. The van der Waals surface area contributed by atoms with Crippen LogP contribution in [-0.2, 0) is 16.1 Å². The molecule has 21 heavy (non-hydrogen) atoms. The van der Waals surface area contributed by atoms with Crippen molar-refractivity contribution >= 4 is 17.2 Å². The molecule has 0 aliphatic carbocycles. The highest BCUT2D eigenvalue weighted by atomic mass is 32.1. The third-order valence-corrected chi connectivity index (χ3v) is 4.69. The molecule has 2 aliphatic rings. The maximum atomic E-state index is 12.2. The molecule has 0 spiro atoms. The second kappa shape index (κ2) is 7.31. The molecule has 7 heteroatoms. The summed E-state index contributed by atoms with van der Waals surface area (Å²) in [6, 6.07) is 0. The van der Waals surface area contributed by atoms with E-state index in [2.05, 4.69) is 20.2 Å². The van der Waals surface area contributed by atoms with E-state index in [4.69, 9.17) is 4.74 Å². The quantitative estimate of drug-likeness (QED) is 0.791. The number of ether oxygens (including phenoxy) is 1. The van der Waals surface area contributed by atoms with Crippen LogP contribution in [0.4, 0.5) is 0 Å². The summed E-state index contributed by atoms with van der Waals surface area (Å²) in [6.07, 6.45) is 0. The van der Waals surface area contributed by atoms with Gasteiger partial charge in [-0.05, 0) is 0 Å². The van der Waals surface area contributed by atoms with Crippen LogP contribution in [0, 0.1) is 0 Å². The fourth-order valence-corrected chi connectivity index (χ4v) is 3.30. The highest BCUT2D eigenvalue weighted by molar-refractivity contribution is 7.07. The van der Waals surface area contributed by atoms with Crippen molar-refractivity contribution in [2.75, 3.05) is 59.0 Å². The van der Waals surface area contributed by atoms with Crippen LogP contribution in [0.3, 0.4) is 0 Å². The first-order valence-corrected chi connectivity index (χ1v) is 8.43. The summed E-state index contributed by atoms with van der Waals surface area (Å²) < 4.78 is 5.28. The average molecular weight is 310 g/mol.